The lowest BCUT2D eigenvalue weighted by Gasteiger charge is -2.39. The summed E-state index contributed by atoms with van der Waals surface area (Å²) >= 11 is 0. The first-order valence-corrected chi connectivity index (χ1v) is 9.69. The van der Waals surface area contributed by atoms with Gasteiger partial charge in [-0.25, -0.2) is 0 Å². The lowest BCUT2D eigenvalue weighted by molar-refractivity contribution is 0.0608. The molecule has 29 heavy (non-hydrogen) atoms. The van der Waals surface area contributed by atoms with Gasteiger partial charge in [-0.1, -0.05) is 18.2 Å². The molecule has 1 spiro atoms. The summed E-state index contributed by atoms with van der Waals surface area (Å²) in [5.74, 6) is 0.900. The number of nitrogens with zero attached hydrogens (tertiary/aromatic N) is 1. The molecule has 0 bridgehead atoms. The summed E-state index contributed by atoms with van der Waals surface area (Å²) in [7, 11) is 1.65. The van der Waals surface area contributed by atoms with E-state index in [0.717, 1.165) is 61.7 Å². The number of likely N-dealkylation sites (tertiary alicyclic amines) is 1. The molecule has 5 nitrogen and oxygen atoms in total. The van der Waals surface area contributed by atoms with Gasteiger partial charge in [0.05, 0.1) is 18.4 Å². The fourth-order valence-electron chi connectivity index (χ4n) is 4.21. The van der Waals surface area contributed by atoms with E-state index >= 15 is 0 Å². The average Bonchev–Trinajstić information content (AvgIpc) is 3.16. The van der Waals surface area contributed by atoms with Crippen LogP contribution in [0.4, 0.5) is 11.4 Å². The van der Waals surface area contributed by atoms with Crippen LogP contribution in [0, 0.1) is 5.41 Å². The van der Waals surface area contributed by atoms with Gasteiger partial charge in [-0.15, -0.1) is 24.8 Å². The number of piperidine rings is 1. The number of hydrogen-bond acceptors (Lipinski definition) is 4. The molecule has 2 saturated heterocycles. The fraction of sp³-hybridized carbons (Fsp3) is 0.409. The first-order valence-electron chi connectivity index (χ1n) is 9.69. The second-order valence-electron chi connectivity index (χ2n) is 7.62. The maximum atomic E-state index is 13.2. The molecule has 0 unspecified atom stereocenters. The van der Waals surface area contributed by atoms with E-state index in [1.807, 2.05) is 53.4 Å². The summed E-state index contributed by atoms with van der Waals surface area (Å²) in [5.41, 5.74) is 2.87. The zero-order valence-corrected chi connectivity index (χ0v) is 18.3. The number of amides is 1. The highest BCUT2D eigenvalue weighted by Crippen LogP contribution is 2.37. The van der Waals surface area contributed by atoms with Crippen molar-refractivity contribution in [2.45, 2.75) is 19.3 Å². The molecule has 0 aliphatic carbocycles. The number of benzene rings is 2. The number of carbonyl (C=O) groups excluding carboxylic acids is 1. The Kier molecular flexibility index (Phi) is 8.20. The van der Waals surface area contributed by atoms with Crippen molar-refractivity contribution in [1.82, 2.24) is 10.2 Å². The summed E-state index contributed by atoms with van der Waals surface area (Å²) in [4.78, 5) is 15.2. The molecule has 2 aromatic rings. The molecule has 0 atom stereocenters. The van der Waals surface area contributed by atoms with Gasteiger partial charge in [0.15, 0.2) is 0 Å². The van der Waals surface area contributed by atoms with Gasteiger partial charge in [0.1, 0.15) is 5.75 Å². The predicted octanol–water partition coefficient (Wildman–Crippen LogP) is 4.50. The van der Waals surface area contributed by atoms with Gasteiger partial charge in [0.25, 0.3) is 5.91 Å². The molecule has 0 saturated carbocycles. The lowest BCUT2D eigenvalue weighted by Crippen LogP contribution is -2.44. The molecule has 2 fully saturated rings. The van der Waals surface area contributed by atoms with Gasteiger partial charge in [-0.05, 0) is 55.5 Å². The predicted molar refractivity (Wildman–Crippen MR) is 122 cm³/mol. The molecule has 2 aliphatic heterocycles. The first-order chi connectivity index (χ1) is 13.2. The molecule has 0 aromatic heterocycles. The summed E-state index contributed by atoms with van der Waals surface area (Å²) in [5, 5.41) is 6.86. The van der Waals surface area contributed by atoms with Crippen LogP contribution >= 0.6 is 24.8 Å². The monoisotopic (exact) mass is 437 g/mol. The number of rotatable bonds is 4. The standard InChI is InChI=1S/C22H27N3O2.2ClH/c1-27-18-6-4-5-17(15-18)24-20-8-3-2-7-19(20)21(26)25-13-10-22(11-14-25)9-12-23-16-22;;/h2-8,15,23-24H,9-14,16H2,1H3;2*1H. The van der Waals surface area contributed by atoms with E-state index < -0.39 is 0 Å². The van der Waals surface area contributed by atoms with Gasteiger partial charge < -0.3 is 20.3 Å². The molecular formula is C22H29Cl2N3O2. The normalized spacial score (nSPS) is 17.2. The van der Waals surface area contributed by atoms with Crippen LogP contribution in [0.1, 0.15) is 29.6 Å². The molecule has 2 heterocycles. The Balaban J connectivity index is 0.00000150. The highest BCUT2D eigenvalue weighted by Gasteiger charge is 2.38. The van der Waals surface area contributed by atoms with E-state index in [0.29, 0.717) is 5.41 Å². The minimum Gasteiger partial charge on any atom is -0.497 e. The maximum Gasteiger partial charge on any atom is 0.255 e. The van der Waals surface area contributed by atoms with Crippen LogP contribution in [0.5, 0.6) is 5.75 Å². The van der Waals surface area contributed by atoms with Crippen LogP contribution in [0.25, 0.3) is 0 Å². The number of carbonyl (C=O) groups is 1. The maximum absolute atomic E-state index is 13.2. The van der Waals surface area contributed by atoms with E-state index in [1.54, 1.807) is 7.11 Å². The Morgan fingerprint density at radius 1 is 1.07 bits per heavy atom. The zero-order chi connectivity index (χ0) is 18.7. The molecule has 7 heteroatoms. The quantitative estimate of drug-likeness (QED) is 0.738. The fourth-order valence-corrected chi connectivity index (χ4v) is 4.21. The molecule has 4 rings (SSSR count). The Morgan fingerprint density at radius 3 is 2.52 bits per heavy atom. The van der Waals surface area contributed by atoms with Crippen LogP contribution in [-0.2, 0) is 0 Å². The Morgan fingerprint density at radius 2 is 1.83 bits per heavy atom. The summed E-state index contributed by atoms with van der Waals surface area (Å²) < 4.78 is 5.29. The third-order valence-corrected chi connectivity index (χ3v) is 5.95. The largest absolute Gasteiger partial charge is 0.497 e. The Bertz CT molecular complexity index is 815. The highest BCUT2D eigenvalue weighted by molar-refractivity contribution is 6.00. The molecule has 2 aromatic carbocycles. The highest BCUT2D eigenvalue weighted by atomic mass is 35.5. The van der Waals surface area contributed by atoms with Crippen LogP contribution in [0.3, 0.4) is 0 Å². The van der Waals surface area contributed by atoms with Crippen molar-refractivity contribution >= 4 is 42.1 Å². The molecule has 158 valence electrons. The molecule has 1 amide bonds. The van der Waals surface area contributed by atoms with Crippen LogP contribution in [-0.4, -0.2) is 44.1 Å². The number of para-hydroxylation sites is 1. The van der Waals surface area contributed by atoms with Gasteiger partial charge in [-0.3, -0.25) is 4.79 Å². The van der Waals surface area contributed by atoms with E-state index in [2.05, 4.69) is 10.6 Å². The zero-order valence-electron chi connectivity index (χ0n) is 16.6. The number of ether oxygens (including phenoxy) is 1. The number of nitrogens with one attached hydrogen (secondary N) is 2. The van der Waals surface area contributed by atoms with Crippen LogP contribution in [0.2, 0.25) is 0 Å². The first kappa shape index (κ1) is 23.3. The van der Waals surface area contributed by atoms with Crippen molar-refractivity contribution in [3.8, 4) is 5.75 Å². The van der Waals surface area contributed by atoms with Crippen LogP contribution < -0.4 is 15.4 Å². The second-order valence-corrected chi connectivity index (χ2v) is 7.62. The van der Waals surface area contributed by atoms with E-state index in [9.17, 15) is 4.79 Å². The van der Waals surface area contributed by atoms with Gasteiger partial charge in [0, 0.05) is 31.4 Å². The van der Waals surface area contributed by atoms with E-state index in [4.69, 9.17) is 4.74 Å². The Labute approximate surface area is 185 Å². The topological polar surface area (TPSA) is 53.6 Å². The molecular weight excluding hydrogens is 409 g/mol. The van der Waals surface area contributed by atoms with Crippen LogP contribution in [0.15, 0.2) is 48.5 Å². The van der Waals surface area contributed by atoms with E-state index in [1.165, 1.54) is 6.42 Å². The van der Waals surface area contributed by atoms with Crippen molar-refractivity contribution < 1.29 is 9.53 Å². The van der Waals surface area contributed by atoms with Crippen molar-refractivity contribution in [1.29, 1.82) is 0 Å². The van der Waals surface area contributed by atoms with Gasteiger partial charge in [0.2, 0.25) is 0 Å². The number of hydrogen-bond donors (Lipinski definition) is 2. The lowest BCUT2D eigenvalue weighted by atomic mass is 9.78. The number of halogens is 2. The van der Waals surface area contributed by atoms with Gasteiger partial charge in [-0.2, -0.15) is 0 Å². The minimum absolute atomic E-state index is 0. The van der Waals surface area contributed by atoms with Crippen molar-refractivity contribution in [3.05, 3.63) is 54.1 Å². The number of anilines is 2. The molecule has 2 aliphatic rings. The average molecular weight is 438 g/mol. The number of methoxy groups -OCH3 is 1. The summed E-state index contributed by atoms with van der Waals surface area (Å²) in [6.45, 7) is 3.90. The van der Waals surface area contributed by atoms with Gasteiger partial charge >= 0.3 is 0 Å². The van der Waals surface area contributed by atoms with Crippen molar-refractivity contribution in [3.63, 3.8) is 0 Å². The SMILES string of the molecule is COc1cccc(Nc2ccccc2C(=O)N2CCC3(CCNC3)CC2)c1.Cl.Cl. The molecule has 0 radical (unpaired) electrons. The Hall–Kier alpha value is -1.95. The minimum atomic E-state index is 0. The van der Waals surface area contributed by atoms with Crippen molar-refractivity contribution in [2.75, 3.05) is 38.6 Å². The van der Waals surface area contributed by atoms with Crippen molar-refractivity contribution in [2.24, 2.45) is 5.41 Å². The summed E-state index contributed by atoms with van der Waals surface area (Å²) in [6.07, 6.45) is 3.43. The second kappa shape index (κ2) is 10.2. The smallest absolute Gasteiger partial charge is 0.255 e. The molecule has 2 N–H and O–H groups in total. The third kappa shape index (κ3) is 5.16. The third-order valence-electron chi connectivity index (χ3n) is 5.95. The summed E-state index contributed by atoms with van der Waals surface area (Å²) in [6, 6.07) is 15.5. The van der Waals surface area contributed by atoms with E-state index in [-0.39, 0.29) is 30.7 Å².